The van der Waals surface area contributed by atoms with Gasteiger partial charge in [-0.3, -0.25) is 0 Å². The summed E-state index contributed by atoms with van der Waals surface area (Å²) < 4.78 is 2.71. The lowest BCUT2D eigenvalue weighted by Crippen LogP contribution is -2.40. The zero-order chi connectivity index (χ0) is 12.0. The van der Waals surface area contributed by atoms with Gasteiger partial charge in [0.2, 0.25) is 0 Å². The molecule has 0 radical (unpaired) electrons. The first kappa shape index (κ1) is 10.7. The summed E-state index contributed by atoms with van der Waals surface area (Å²) in [7, 11) is 0. The van der Waals surface area contributed by atoms with Gasteiger partial charge in [0.05, 0.1) is 5.52 Å². The van der Waals surface area contributed by atoms with Crippen LogP contribution in [0.2, 0.25) is 0 Å². The Kier molecular flexibility index (Phi) is 2.41. The number of nitrogens with zero attached hydrogens (tertiary/aromatic N) is 2. The summed E-state index contributed by atoms with van der Waals surface area (Å²) in [6.45, 7) is 1.71. The Morgan fingerprint density at radius 3 is 2.94 bits per heavy atom. The zero-order valence-corrected chi connectivity index (χ0v) is 10.4. The van der Waals surface area contributed by atoms with Crippen LogP contribution in [0.25, 0.3) is 5.52 Å². The normalized spacial score (nSPS) is 16.1. The molecule has 2 aromatic rings. The Morgan fingerprint density at radius 2 is 2.35 bits per heavy atom. The van der Waals surface area contributed by atoms with Gasteiger partial charge < -0.3 is 14.8 Å². The van der Waals surface area contributed by atoms with Crippen LogP contribution in [0.1, 0.15) is 22.2 Å². The van der Waals surface area contributed by atoms with Crippen LogP contribution in [-0.2, 0) is 0 Å². The van der Waals surface area contributed by atoms with Crippen molar-refractivity contribution in [1.82, 2.24) is 14.7 Å². The third-order valence-corrected chi connectivity index (χ3v) is 3.48. The van der Waals surface area contributed by atoms with E-state index in [1.807, 2.05) is 16.7 Å². The highest BCUT2D eigenvalue weighted by molar-refractivity contribution is 9.10. The van der Waals surface area contributed by atoms with E-state index >= 15 is 0 Å². The number of aromatic nitrogens is 2. The van der Waals surface area contributed by atoms with E-state index in [9.17, 15) is 4.79 Å². The maximum absolute atomic E-state index is 11.2. The van der Waals surface area contributed by atoms with Gasteiger partial charge in [-0.1, -0.05) is 15.9 Å². The van der Waals surface area contributed by atoms with Gasteiger partial charge in [0.25, 0.3) is 0 Å². The molecule has 1 aliphatic rings. The quantitative estimate of drug-likeness (QED) is 0.881. The molecule has 6 heteroatoms. The summed E-state index contributed by atoms with van der Waals surface area (Å²) in [5.74, 6) is 0.138. The third-order valence-electron chi connectivity index (χ3n) is 2.98. The lowest BCUT2D eigenvalue weighted by atomic mass is 10.0. The van der Waals surface area contributed by atoms with Gasteiger partial charge in [-0.2, -0.15) is 0 Å². The number of carboxylic acids is 1. The van der Waals surface area contributed by atoms with Crippen molar-refractivity contribution in [2.45, 2.75) is 5.92 Å². The van der Waals surface area contributed by atoms with Crippen molar-refractivity contribution in [1.29, 1.82) is 0 Å². The van der Waals surface area contributed by atoms with Gasteiger partial charge in [0.1, 0.15) is 5.82 Å². The summed E-state index contributed by atoms with van der Waals surface area (Å²) in [5.41, 5.74) is 0.752. The maximum Gasteiger partial charge on any atom is 0.356 e. The number of halogens is 1. The lowest BCUT2D eigenvalue weighted by Gasteiger charge is -2.25. The predicted molar refractivity (Wildman–Crippen MR) is 65.5 cm³/mol. The molecule has 1 fully saturated rings. The number of hydrogen-bond donors (Lipinski definition) is 2. The Labute approximate surface area is 106 Å². The minimum absolute atomic E-state index is 0.119. The molecule has 3 rings (SSSR count). The topological polar surface area (TPSA) is 66.6 Å². The highest BCUT2D eigenvalue weighted by atomic mass is 79.9. The minimum Gasteiger partial charge on any atom is -0.476 e. The van der Waals surface area contributed by atoms with Crippen LogP contribution in [-0.4, -0.2) is 33.6 Å². The lowest BCUT2D eigenvalue weighted by molar-refractivity contribution is 0.0693. The van der Waals surface area contributed by atoms with Gasteiger partial charge >= 0.3 is 5.97 Å². The van der Waals surface area contributed by atoms with Crippen molar-refractivity contribution < 1.29 is 9.90 Å². The van der Waals surface area contributed by atoms with Crippen LogP contribution in [0.3, 0.4) is 0 Å². The number of imidazole rings is 1. The molecule has 0 saturated carbocycles. The number of pyridine rings is 1. The van der Waals surface area contributed by atoms with Gasteiger partial charge in [-0.25, -0.2) is 9.78 Å². The Hall–Kier alpha value is -1.40. The molecule has 0 unspecified atom stereocenters. The largest absolute Gasteiger partial charge is 0.476 e. The Balaban J connectivity index is 2.26. The van der Waals surface area contributed by atoms with E-state index in [-0.39, 0.29) is 5.69 Å². The molecule has 0 bridgehead atoms. The standard InChI is InChI=1S/C11H10BrN3O2/c12-7-1-2-15-8(3-7)9(11(16)17)14-10(15)6-4-13-5-6/h1-3,6,13H,4-5H2,(H,16,17). The predicted octanol–water partition coefficient (Wildman–Crippen LogP) is 1.48. The van der Waals surface area contributed by atoms with E-state index in [1.54, 1.807) is 6.07 Å². The van der Waals surface area contributed by atoms with E-state index in [4.69, 9.17) is 5.11 Å². The molecule has 17 heavy (non-hydrogen) atoms. The highest BCUT2D eigenvalue weighted by Crippen LogP contribution is 2.24. The van der Waals surface area contributed by atoms with Crippen LogP contribution < -0.4 is 5.32 Å². The number of fused-ring (bicyclic) bond motifs is 1. The van der Waals surface area contributed by atoms with Crippen molar-refractivity contribution >= 4 is 27.4 Å². The van der Waals surface area contributed by atoms with Gasteiger partial charge in [-0.15, -0.1) is 0 Å². The number of rotatable bonds is 2. The van der Waals surface area contributed by atoms with Crippen LogP contribution in [0.5, 0.6) is 0 Å². The van der Waals surface area contributed by atoms with E-state index in [0.29, 0.717) is 11.4 Å². The van der Waals surface area contributed by atoms with E-state index in [2.05, 4.69) is 26.2 Å². The molecular weight excluding hydrogens is 286 g/mol. The average molecular weight is 296 g/mol. The van der Waals surface area contributed by atoms with Crippen molar-refractivity contribution in [2.24, 2.45) is 0 Å². The minimum atomic E-state index is -0.987. The Bertz CT molecular complexity index is 604. The fourth-order valence-electron chi connectivity index (χ4n) is 2.00. The van der Waals surface area contributed by atoms with Crippen molar-refractivity contribution in [3.05, 3.63) is 34.3 Å². The number of carbonyl (C=O) groups is 1. The fraction of sp³-hybridized carbons (Fsp3) is 0.273. The van der Waals surface area contributed by atoms with Crippen molar-refractivity contribution in [3.8, 4) is 0 Å². The average Bonchev–Trinajstić information content (AvgIpc) is 2.54. The summed E-state index contributed by atoms with van der Waals surface area (Å²) >= 11 is 3.35. The van der Waals surface area contributed by atoms with Gasteiger partial charge in [-0.05, 0) is 12.1 Å². The second-order valence-electron chi connectivity index (χ2n) is 4.08. The fourth-order valence-corrected chi connectivity index (χ4v) is 2.33. The molecule has 0 atom stereocenters. The second-order valence-corrected chi connectivity index (χ2v) is 4.99. The van der Waals surface area contributed by atoms with Crippen LogP contribution in [0.15, 0.2) is 22.8 Å². The Morgan fingerprint density at radius 1 is 1.59 bits per heavy atom. The van der Waals surface area contributed by atoms with Crippen LogP contribution >= 0.6 is 15.9 Å². The number of hydrogen-bond acceptors (Lipinski definition) is 3. The summed E-state index contributed by atoms with van der Waals surface area (Å²) in [6, 6.07) is 3.67. The molecule has 3 heterocycles. The molecule has 0 aromatic carbocycles. The van der Waals surface area contributed by atoms with E-state index in [1.165, 1.54) is 0 Å². The maximum atomic E-state index is 11.2. The van der Waals surface area contributed by atoms with Crippen molar-refractivity contribution in [2.75, 3.05) is 13.1 Å². The first-order valence-corrected chi connectivity index (χ1v) is 6.07. The molecular formula is C11H10BrN3O2. The molecule has 0 aliphatic carbocycles. The molecule has 2 N–H and O–H groups in total. The molecule has 1 saturated heterocycles. The number of nitrogens with one attached hydrogen (secondary N) is 1. The van der Waals surface area contributed by atoms with E-state index in [0.717, 1.165) is 23.4 Å². The van der Waals surface area contributed by atoms with Crippen LogP contribution in [0, 0.1) is 0 Å². The third kappa shape index (κ3) is 1.64. The first-order valence-electron chi connectivity index (χ1n) is 5.28. The zero-order valence-electron chi connectivity index (χ0n) is 8.85. The summed E-state index contributed by atoms with van der Waals surface area (Å²) in [4.78, 5) is 15.4. The van der Waals surface area contributed by atoms with Gasteiger partial charge in [0.15, 0.2) is 5.69 Å². The molecule has 0 amide bonds. The smallest absolute Gasteiger partial charge is 0.356 e. The molecule has 1 aliphatic heterocycles. The SMILES string of the molecule is O=C(O)c1nc(C2CNC2)n2ccc(Br)cc12. The first-order chi connectivity index (χ1) is 8.16. The van der Waals surface area contributed by atoms with Crippen molar-refractivity contribution in [3.63, 3.8) is 0 Å². The summed E-state index contributed by atoms with van der Waals surface area (Å²) in [6.07, 6.45) is 1.85. The number of aromatic carboxylic acids is 1. The summed E-state index contributed by atoms with van der Waals surface area (Å²) in [5, 5.41) is 12.3. The molecule has 88 valence electrons. The highest BCUT2D eigenvalue weighted by Gasteiger charge is 2.26. The van der Waals surface area contributed by atoms with Gasteiger partial charge in [0, 0.05) is 29.7 Å². The molecule has 2 aromatic heterocycles. The monoisotopic (exact) mass is 295 g/mol. The van der Waals surface area contributed by atoms with Crippen LogP contribution in [0.4, 0.5) is 0 Å². The molecule has 5 nitrogen and oxygen atoms in total. The molecule has 0 spiro atoms. The number of carboxylic acid groups (broad SMARTS) is 1. The van der Waals surface area contributed by atoms with E-state index < -0.39 is 5.97 Å². The second kappa shape index (κ2) is 3.82.